The van der Waals surface area contributed by atoms with E-state index >= 15 is 0 Å². The van der Waals surface area contributed by atoms with Crippen LogP contribution in [0.15, 0.2) is 41.3 Å². The molecule has 0 saturated carbocycles. The van der Waals surface area contributed by atoms with Gasteiger partial charge < -0.3 is 5.32 Å². The molecule has 0 aliphatic heterocycles. The molecule has 27 heavy (non-hydrogen) atoms. The summed E-state index contributed by atoms with van der Waals surface area (Å²) >= 11 is 0. The van der Waals surface area contributed by atoms with Crippen molar-refractivity contribution in [3.05, 3.63) is 47.7 Å². The number of fused-ring (bicyclic) bond motifs is 1. The quantitative estimate of drug-likeness (QED) is 0.673. The molecule has 2 heterocycles. The molecule has 0 spiro atoms. The number of aromatic amines is 1. The summed E-state index contributed by atoms with van der Waals surface area (Å²) in [5, 5.41) is 10.4. The van der Waals surface area contributed by atoms with Gasteiger partial charge in [0.05, 0.1) is 10.3 Å². The number of pyridine rings is 1. The molecule has 142 valence electrons. The number of rotatable bonds is 6. The number of sulfonamides is 1. The molecule has 0 aliphatic carbocycles. The van der Waals surface area contributed by atoms with E-state index in [0.29, 0.717) is 17.9 Å². The third-order valence-electron chi connectivity index (χ3n) is 4.16. The average Bonchev–Trinajstić information content (AvgIpc) is 3.02. The number of carbonyl (C=O) groups is 1. The lowest BCUT2D eigenvalue weighted by Crippen LogP contribution is -2.22. The maximum atomic E-state index is 12.2. The summed E-state index contributed by atoms with van der Waals surface area (Å²) in [5.41, 5.74) is 2.37. The Morgan fingerprint density at radius 3 is 2.52 bits per heavy atom. The summed E-state index contributed by atoms with van der Waals surface area (Å²) in [6.07, 6.45) is 0.751. The van der Waals surface area contributed by atoms with Gasteiger partial charge in [-0.1, -0.05) is 12.1 Å². The fourth-order valence-corrected chi connectivity index (χ4v) is 3.49. The fourth-order valence-electron chi connectivity index (χ4n) is 2.59. The fraction of sp³-hybridized carbons (Fsp3) is 0.278. The molecule has 0 unspecified atom stereocenters. The molecule has 2 N–H and O–H groups in total. The van der Waals surface area contributed by atoms with E-state index in [1.165, 1.54) is 18.4 Å². The predicted octanol–water partition coefficient (Wildman–Crippen LogP) is 2.09. The van der Waals surface area contributed by atoms with E-state index in [2.05, 4.69) is 20.5 Å². The van der Waals surface area contributed by atoms with E-state index in [-0.39, 0.29) is 17.2 Å². The lowest BCUT2D eigenvalue weighted by atomic mass is 10.1. The molecule has 0 radical (unpaired) electrons. The van der Waals surface area contributed by atoms with Crippen molar-refractivity contribution in [2.45, 2.75) is 24.7 Å². The summed E-state index contributed by atoms with van der Waals surface area (Å²) in [6, 6.07) is 10.3. The standard InChI is InChI=1S/C18H21N5O3S/c1-12-4-10-15-17(19-12)21-22-18(15)20-16(24)11-7-13-5-8-14(9-6-13)27(25,26)23(2)3/h4-6,8-10H,7,11H2,1-3H3,(H2,19,20,21,22,24). The molecular weight excluding hydrogens is 366 g/mol. The molecule has 1 aromatic carbocycles. The average molecular weight is 387 g/mol. The van der Waals surface area contributed by atoms with Gasteiger partial charge in [-0.05, 0) is 43.2 Å². The van der Waals surface area contributed by atoms with Crippen LogP contribution in [0.25, 0.3) is 11.0 Å². The van der Waals surface area contributed by atoms with Crippen LogP contribution >= 0.6 is 0 Å². The molecule has 0 saturated heterocycles. The van der Waals surface area contributed by atoms with E-state index < -0.39 is 10.0 Å². The van der Waals surface area contributed by atoms with E-state index in [1.54, 1.807) is 24.3 Å². The van der Waals surface area contributed by atoms with Gasteiger partial charge in [0.2, 0.25) is 15.9 Å². The van der Waals surface area contributed by atoms with Crippen LogP contribution in [0.4, 0.5) is 5.82 Å². The number of amides is 1. The Morgan fingerprint density at radius 1 is 1.15 bits per heavy atom. The van der Waals surface area contributed by atoms with Crippen molar-refractivity contribution in [1.29, 1.82) is 0 Å². The largest absolute Gasteiger partial charge is 0.309 e. The van der Waals surface area contributed by atoms with Gasteiger partial charge in [-0.15, -0.1) is 0 Å². The number of anilines is 1. The van der Waals surface area contributed by atoms with Gasteiger partial charge in [0.25, 0.3) is 0 Å². The number of hydrogen-bond donors (Lipinski definition) is 2. The van der Waals surface area contributed by atoms with Gasteiger partial charge in [0.15, 0.2) is 11.5 Å². The first-order chi connectivity index (χ1) is 12.8. The van der Waals surface area contributed by atoms with Crippen molar-refractivity contribution in [2.24, 2.45) is 0 Å². The summed E-state index contributed by atoms with van der Waals surface area (Å²) in [4.78, 5) is 16.8. The Balaban J connectivity index is 1.62. The first-order valence-corrected chi connectivity index (χ1v) is 9.84. The maximum absolute atomic E-state index is 12.2. The van der Waals surface area contributed by atoms with Gasteiger partial charge in [0.1, 0.15) is 0 Å². The highest BCUT2D eigenvalue weighted by Gasteiger charge is 2.16. The van der Waals surface area contributed by atoms with Crippen LogP contribution in [0.5, 0.6) is 0 Å². The molecule has 0 aliphatic rings. The van der Waals surface area contributed by atoms with E-state index in [4.69, 9.17) is 0 Å². The molecule has 0 fully saturated rings. The van der Waals surface area contributed by atoms with Gasteiger partial charge in [-0.2, -0.15) is 5.10 Å². The van der Waals surface area contributed by atoms with Gasteiger partial charge in [-0.25, -0.2) is 17.7 Å². The van der Waals surface area contributed by atoms with Crippen molar-refractivity contribution in [1.82, 2.24) is 19.5 Å². The van der Waals surface area contributed by atoms with Crippen LogP contribution in [0, 0.1) is 6.92 Å². The smallest absolute Gasteiger partial charge is 0.242 e. The first kappa shape index (κ1) is 19.0. The minimum Gasteiger partial charge on any atom is -0.309 e. The second-order valence-electron chi connectivity index (χ2n) is 6.40. The molecule has 2 aromatic heterocycles. The summed E-state index contributed by atoms with van der Waals surface area (Å²) in [7, 11) is -0.468. The summed E-state index contributed by atoms with van der Waals surface area (Å²) < 4.78 is 25.3. The van der Waals surface area contributed by atoms with Crippen molar-refractivity contribution < 1.29 is 13.2 Å². The Hall–Kier alpha value is -2.78. The third kappa shape index (κ3) is 4.15. The lowest BCUT2D eigenvalue weighted by molar-refractivity contribution is -0.116. The number of nitrogens with one attached hydrogen (secondary N) is 2. The van der Waals surface area contributed by atoms with Crippen molar-refractivity contribution in [3.8, 4) is 0 Å². The molecule has 3 rings (SSSR count). The second kappa shape index (κ2) is 7.45. The van der Waals surface area contributed by atoms with Crippen LogP contribution in [0.2, 0.25) is 0 Å². The van der Waals surface area contributed by atoms with Crippen LogP contribution < -0.4 is 5.32 Å². The SMILES string of the molecule is Cc1ccc2c(NC(=O)CCc3ccc(S(=O)(=O)N(C)C)cc3)n[nH]c2n1. The van der Waals surface area contributed by atoms with E-state index in [1.807, 2.05) is 19.1 Å². The zero-order chi connectivity index (χ0) is 19.6. The van der Waals surface area contributed by atoms with E-state index in [9.17, 15) is 13.2 Å². The van der Waals surface area contributed by atoms with Crippen LogP contribution in [-0.2, 0) is 21.2 Å². The Morgan fingerprint density at radius 2 is 1.85 bits per heavy atom. The zero-order valence-electron chi connectivity index (χ0n) is 15.4. The number of benzene rings is 1. The zero-order valence-corrected chi connectivity index (χ0v) is 16.2. The number of hydrogen-bond acceptors (Lipinski definition) is 5. The molecule has 3 aromatic rings. The molecule has 8 nitrogen and oxygen atoms in total. The topological polar surface area (TPSA) is 108 Å². The third-order valence-corrected chi connectivity index (χ3v) is 5.99. The number of nitrogens with zero attached hydrogens (tertiary/aromatic N) is 3. The normalized spacial score (nSPS) is 11.9. The van der Waals surface area contributed by atoms with Gasteiger partial charge >= 0.3 is 0 Å². The first-order valence-electron chi connectivity index (χ1n) is 8.40. The second-order valence-corrected chi connectivity index (χ2v) is 8.55. The molecule has 0 bridgehead atoms. The summed E-state index contributed by atoms with van der Waals surface area (Å²) in [6.45, 7) is 1.88. The van der Waals surface area contributed by atoms with Crippen molar-refractivity contribution >= 4 is 32.8 Å². The van der Waals surface area contributed by atoms with Crippen LogP contribution in [0.1, 0.15) is 17.7 Å². The van der Waals surface area contributed by atoms with Crippen molar-refractivity contribution in [2.75, 3.05) is 19.4 Å². The van der Waals surface area contributed by atoms with Crippen LogP contribution in [-0.4, -0.2) is 47.9 Å². The van der Waals surface area contributed by atoms with Gasteiger partial charge in [0, 0.05) is 26.2 Å². The molecule has 9 heteroatoms. The van der Waals surface area contributed by atoms with Gasteiger partial charge in [-0.3, -0.25) is 9.89 Å². The number of carbonyl (C=O) groups excluding carboxylic acids is 1. The Labute approximate surface area is 157 Å². The maximum Gasteiger partial charge on any atom is 0.242 e. The molecule has 0 atom stereocenters. The highest BCUT2D eigenvalue weighted by atomic mass is 32.2. The summed E-state index contributed by atoms with van der Waals surface area (Å²) in [5.74, 6) is 0.281. The molecular formula is C18H21N5O3S. The van der Waals surface area contributed by atoms with Crippen LogP contribution in [0.3, 0.4) is 0 Å². The highest BCUT2D eigenvalue weighted by molar-refractivity contribution is 7.89. The monoisotopic (exact) mass is 387 g/mol. The Kier molecular flexibility index (Phi) is 5.24. The minimum atomic E-state index is -3.45. The van der Waals surface area contributed by atoms with Crippen molar-refractivity contribution in [3.63, 3.8) is 0 Å². The Bertz CT molecular complexity index is 1070. The van der Waals surface area contributed by atoms with E-state index in [0.717, 1.165) is 16.6 Å². The number of H-pyrrole nitrogens is 1. The lowest BCUT2D eigenvalue weighted by Gasteiger charge is -2.11. The molecule has 1 amide bonds. The minimum absolute atomic E-state index is 0.172. The highest BCUT2D eigenvalue weighted by Crippen LogP contribution is 2.19. The predicted molar refractivity (Wildman–Crippen MR) is 103 cm³/mol. The number of aryl methyl sites for hydroxylation is 2. The number of aromatic nitrogens is 3.